The molecule has 11 nitrogen and oxygen atoms in total. The number of ether oxygens (including phenoxy) is 4. The zero-order valence-electron chi connectivity index (χ0n) is 22.4. The fourth-order valence-corrected chi connectivity index (χ4v) is 8.55. The van der Waals surface area contributed by atoms with Gasteiger partial charge in [0.1, 0.15) is 18.3 Å². The number of hydrogen-bond acceptors (Lipinski definition) is 11. The maximum absolute atomic E-state index is 13.5. The number of hydrogen-bond donors (Lipinski definition) is 3. The van der Waals surface area contributed by atoms with Crippen LogP contribution in [0.1, 0.15) is 54.4 Å². The maximum atomic E-state index is 13.5. The molecule has 5 rings (SSSR count). The largest absolute Gasteiger partial charge is 0.459 e. The first-order chi connectivity index (χ1) is 17.6. The minimum atomic E-state index is -2.14. The average molecular weight is 537 g/mol. The second-order valence-corrected chi connectivity index (χ2v) is 12.2. The molecular weight excluding hydrogens is 500 g/mol. The molecule has 2 bridgehead atoms. The first-order valence-corrected chi connectivity index (χ1v) is 13.1. The molecule has 0 aromatic carbocycles. The van der Waals surface area contributed by atoms with Crippen LogP contribution in [0.25, 0.3) is 0 Å². The molecule has 2 saturated heterocycles. The monoisotopic (exact) mass is 536 g/mol. The summed E-state index contributed by atoms with van der Waals surface area (Å²) in [5, 5.41) is 34.6. The van der Waals surface area contributed by atoms with E-state index < -0.39 is 94.0 Å². The number of ketones is 1. The molecule has 0 aromatic rings. The Morgan fingerprint density at radius 3 is 2.53 bits per heavy atom. The molecule has 5 aliphatic rings. The van der Waals surface area contributed by atoms with Gasteiger partial charge in [-0.3, -0.25) is 9.59 Å². The van der Waals surface area contributed by atoms with E-state index in [1.807, 2.05) is 0 Å². The molecule has 1 spiro atoms. The summed E-state index contributed by atoms with van der Waals surface area (Å²) in [6, 6.07) is 0. The zero-order valence-corrected chi connectivity index (χ0v) is 22.4. The van der Waals surface area contributed by atoms with E-state index >= 15 is 0 Å². The van der Waals surface area contributed by atoms with Gasteiger partial charge < -0.3 is 34.3 Å². The summed E-state index contributed by atoms with van der Waals surface area (Å²) in [4.78, 5) is 51.3. The average Bonchev–Trinajstić information content (AvgIpc) is 3.13. The van der Waals surface area contributed by atoms with Crippen molar-refractivity contribution >= 4 is 23.7 Å². The highest BCUT2D eigenvalue weighted by atomic mass is 16.7. The van der Waals surface area contributed by atoms with Crippen LogP contribution in [0.15, 0.2) is 11.6 Å². The van der Waals surface area contributed by atoms with Gasteiger partial charge in [-0.1, -0.05) is 26.3 Å². The highest BCUT2D eigenvalue weighted by Gasteiger charge is 2.83. The van der Waals surface area contributed by atoms with Gasteiger partial charge in [0.25, 0.3) is 0 Å². The SMILES string of the molecule is CCC(C)(OC(C)=O)C(=O)O[C@H]1C(=O)O[C@@H]2C[C@H]3C(C)=CC(=O)[C@@H](O)[C@]3(C)[C@H]3[C@@]4(O)OC[C@]32[C@@H]1[C@@H](C)[C@H]4O. The number of aliphatic hydroxyl groups excluding tert-OH is 2. The number of carbonyl (C=O) groups is 4. The van der Waals surface area contributed by atoms with Crippen LogP contribution >= 0.6 is 0 Å². The highest BCUT2D eigenvalue weighted by Crippen LogP contribution is 2.73. The molecule has 0 amide bonds. The van der Waals surface area contributed by atoms with E-state index in [1.165, 1.54) is 13.0 Å². The summed E-state index contributed by atoms with van der Waals surface area (Å²) in [7, 11) is 0. The van der Waals surface area contributed by atoms with Gasteiger partial charge in [0, 0.05) is 29.6 Å². The van der Waals surface area contributed by atoms with Crippen molar-refractivity contribution in [2.24, 2.45) is 34.5 Å². The zero-order chi connectivity index (χ0) is 28.2. The number of rotatable bonds is 4. The molecule has 3 aliphatic carbocycles. The van der Waals surface area contributed by atoms with Crippen molar-refractivity contribution in [2.75, 3.05) is 6.61 Å². The number of allylic oxidation sites excluding steroid dienone is 1. The molecule has 0 radical (unpaired) electrons. The van der Waals surface area contributed by atoms with E-state index in [4.69, 9.17) is 18.9 Å². The van der Waals surface area contributed by atoms with Crippen LogP contribution in [0, 0.1) is 34.5 Å². The number of carbonyl (C=O) groups excluding carboxylic acids is 4. The van der Waals surface area contributed by atoms with Gasteiger partial charge in [-0.05, 0) is 44.6 Å². The summed E-state index contributed by atoms with van der Waals surface area (Å²) in [6.45, 7) is 9.12. The maximum Gasteiger partial charge on any atom is 0.351 e. The standard InChI is InChI=1S/C27H36O11/c1-7-24(5,38-13(4)28)23(33)37-18-17-12(3)19(30)27(34)22-25(6)14(11(2)8-15(29)20(25)31)9-16(36-21(18)32)26(17,22)10-35-27/h8,12,14,16-20,22,30-31,34H,7,9-10H2,1-6H3/t12-,14+,16-,17-,18-,19-,20-,22-,24?,25-,26+,27+/m1/s1. The van der Waals surface area contributed by atoms with Crippen molar-refractivity contribution < 1.29 is 53.4 Å². The first-order valence-electron chi connectivity index (χ1n) is 13.1. The summed E-state index contributed by atoms with van der Waals surface area (Å²) in [6.07, 6.45) is -3.63. The summed E-state index contributed by atoms with van der Waals surface area (Å²) in [5.41, 5.74) is -3.44. The molecule has 11 heteroatoms. The van der Waals surface area contributed by atoms with Gasteiger partial charge in [-0.2, -0.15) is 0 Å². The molecule has 2 heterocycles. The van der Waals surface area contributed by atoms with Gasteiger partial charge >= 0.3 is 17.9 Å². The Morgan fingerprint density at radius 1 is 1.26 bits per heavy atom. The lowest BCUT2D eigenvalue weighted by Gasteiger charge is -2.68. The lowest BCUT2D eigenvalue weighted by Crippen LogP contribution is -2.78. The molecular formula is C27H36O11. The molecule has 0 aromatic heterocycles. The second-order valence-electron chi connectivity index (χ2n) is 12.2. The molecule has 38 heavy (non-hydrogen) atoms. The number of aliphatic hydroxyl groups is 3. The van der Waals surface area contributed by atoms with Crippen molar-refractivity contribution in [3.05, 3.63) is 11.6 Å². The smallest absolute Gasteiger partial charge is 0.351 e. The van der Waals surface area contributed by atoms with Crippen molar-refractivity contribution in [3.63, 3.8) is 0 Å². The van der Waals surface area contributed by atoms with Crippen LogP contribution in [-0.2, 0) is 38.1 Å². The van der Waals surface area contributed by atoms with E-state index in [9.17, 15) is 34.5 Å². The third kappa shape index (κ3) is 3.16. The Hall–Kier alpha value is -2.34. The topological polar surface area (TPSA) is 166 Å². The minimum absolute atomic E-state index is 0.0783. The van der Waals surface area contributed by atoms with Crippen LogP contribution in [-0.4, -0.2) is 81.4 Å². The summed E-state index contributed by atoms with van der Waals surface area (Å²) in [5.74, 6) is -8.29. The van der Waals surface area contributed by atoms with Crippen molar-refractivity contribution in [3.8, 4) is 0 Å². The van der Waals surface area contributed by atoms with Crippen molar-refractivity contribution in [1.82, 2.24) is 0 Å². The van der Waals surface area contributed by atoms with Crippen LogP contribution in [0.5, 0.6) is 0 Å². The first kappa shape index (κ1) is 27.2. The van der Waals surface area contributed by atoms with Crippen molar-refractivity contribution in [2.45, 2.75) is 90.2 Å². The van der Waals surface area contributed by atoms with Gasteiger partial charge in [0.2, 0.25) is 11.7 Å². The third-order valence-corrected chi connectivity index (χ3v) is 10.3. The third-order valence-electron chi connectivity index (χ3n) is 10.3. The lowest BCUT2D eigenvalue weighted by atomic mass is 9.38. The van der Waals surface area contributed by atoms with Crippen LogP contribution < -0.4 is 0 Å². The van der Waals surface area contributed by atoms with Crippen molar-refractivity contribution in [1.29, 1.82) is 0 Å². The van der Waals surface area contributed by atoms with E-state index in [1.54, 1.807) is 27.7 Å². The summed E-state index contributed by atoms with van der Waals surface area (Å²) >= 11 is 0. The Kier molecular flexibility index (Phi) is 5.97. The van der Waals surface area contributed by atoms with Crippen LogP contribution in [0.2, 0.25) is 0 Å². The molecule has 2 aliphatic heterocycles. The number of esters is 3. The highest BCUT2D eigenvalue weighted by molar-refractivity contribution is 5.96. The quantitative estimate of drug-likeness (QED) is 0.337. The fraction of sp³-hybridized carbons (Fsp3) is 0.778. The predicted molar refractivity (Wildman–Crippen MR) is 127 cm³/mol. The molecule has 3 N–H and O–H groups in total. The van der Waals surface area contributed by atoms with E-state index in [0.717, 1.165) is 6.92 Å². The Morgan fingerprint density at radius 2 is 1.92 bits per heavy atom. The van der Waals surface area contributed by atoms with Gasteiger partial charge in [-0.15, -0.1) is 0 Å². The Labute approximate surface area is 220 Å². The predicted octanol–water partition coefficient (Wildman–Crippen LogP) is 0.420. The Bertz CT molecular complexity index is 1130. The number of fused-ring (bicyclic) bond motifs is 1. The Balaban J connectivity index is 1.64. The van der Waals surface area contributed by atoms with E-state index in [0.29, 0.717) is 5.57 Å². The van der Waals surface area contributed by atoms with Crippen LogP contribution in [0.3, 0.4) is 0 Å². The van der Waals surface area contributed by atoms with E-state index in [2.05, 4.69) is 0 Å². The van der Waals surface area contributed by atoms with E-state index in [-0.39, 0.29) is 19.4 Å². The molecule has 2 saturated carbocycles. The summed E-state index contributed by atoms with van der Waals surface area (Å²) < 4.78 is 22.9. The molecule has 1 unspecified atom stereocenters. The fourth-order valence-electron chi connectivity index (χ4n) is 8.55. The molecule has 12 atom stereocenters. The lowest BCUT2D eigenvalue weighted by molar-refractivity contribution is -0.340. The normalized spacial score (nSPS) is 48.6. The molecule has 4 fully saturated rings. The van der Waals surface area contributed by atoms with Crippen LogP contribution in [0.4, 0.5) is 0 Å². The van der Waals surface area contributed by atoms with Gasteiger partial charge in [-0.25, -0.2) is 9.59 Å². The minimum Gasteiger partial charge on any atom is -0.459 e. The second kappa shape index (κ2) is 8.33. The van der Waals surface area contributed by atoms with Gasteiger partial charge in [0.05, 0.1) is 6.61 Å². The molecule has 210 valence electrons. The van der Waals surface area contributed by atoms with Gasteiger partial charge in [0.15, 0.2) is 11.6 Å².